The maximum Gasteiger partial charge on any atom is 0.222 e. The summed E-state index contributed by atoms with van der Waals surface area (Å²) in [6.45, 7) is 9.70. The molecule has 0 aliphatic heterocycles. The van der Waals surface area contributed by atoms with Crippen molar-refractivity contribution in [2.75, 3.05) is 0 Å². The fraction of sp³-hybridized carbons (Fsp3) is 0.708. The van der Waals surface area contributed by atoms with E-state index in [9.17, 15) is 5.11 Å². The van der Waals surface area contributed by atoms with Crippen molar-refractivity contribution in [1.29, 1.82) is 0 Å². The molecule has 0 spiro atoms. The van der Waals surface area contributed by atoms with E-state index in [1.807, 2.05) is 0 Å². The summed E-state index contributed by atoms with van der Waals surface area (Å²) in [5, 5.41) is 10.2. The normalized spacial score (nSPS) is 46.6. The number of hydrogen-bond donors (Lipinski definition) is 1. The van der Waals surface area contributed by atoms with Crippen molar-refractivity contribution in [2.24, 2.45) is 34.5 Å². The van der Waals surface area contributed by atoms with Gasteiger partial charge < -0.3 is 9.52 Å². The molecule has 4 aliphatic rings. The highest BCUT2D eigenvalue weighted by molar-refractivity contribution is 5.71. The molecule has 2 unspecified atom stereocenters. The Morgan fingerprint density at radius 3 is 2.63 bits per heavy atom. The lowest BCUT2D eigenvalue weighted by Gasteiger charge is -2.59. The number of allylic oxidation sites excluding steroid dienone is 3. The number of oxazole rings is 1. The first-order valence-corrected chi connectivity index (χ1v) is 10.8. The van der Waals surface area contributed by atoms with E-state index < -0.39 is 0 Å². The third-order valence-corrected chi connectivity index (χ3v) is 8.97. The number of fused-ring (bicyclic) bond motifs is 5. The molecule has 0 saturated heterocycles. The van der Waals surface area contributed by atoms with Gasteiger partial charge in [-0.1, -0.05) is 38.0 Å². The van der Waals surface area contributed by atoms with Crippen molar-refractivity contribution in [3.05, 3.63) is 35.6 Å². The van der Waals surface area contributed by atoms with Crippen LogP contribution in [0.3, 0.4) is 0 Å². The molecular formula is C24H33NO2. The molecule has 0 radical (unpaired) electrons. The highest BCUT2D eigenvalue weighted by atomic mass is 16.3. The van der Waals surface area contributed by atoms with Crippen molar-refractivity contribution in [1.82, 2.24) is 4.98 Å². The van der Waals surface area contributed by atoms with Crippen LogP contribution < -0.4 is 0 Å². The van der Waals surface area contributed by atoms with E-state index in [2.05, 4.69) is 38.8 Å². The van der Waals surface area contributed by atoms with Crippen LogP contribution in [0.1, 0.15) is 72.1 Å². The zero-order valence-electron chi connectivity index (χ0n) is 17.2. The molecular weight excluding hydrogens is 334 g/mol. The smallest absolute Gasteiger partial charge is 0.222 e. The van der Waals surface area contributed by atoms with Gasteiger partial charge in [-0.25, -0.2) is 4.98 Å². The summed E-state index contributed by atoms with van der Waals surface area (Å²) < 4.78 is 5.77. The van der Waals surface area contributed by atoms with Crippen molar-refractivity contribution < 1.29 is 9.52 Å². The van der Waals surface area contributed by atoms with Crippen LogP contribution in [0.15, 0.2) is 34.1 Å². The third kappa shape index (κ3) is 2.33. The largest absolute Gasteiger partial charge is 0.445 e. The van der Waals surface area contributed by atoms with E-state index >= 15 is 0 Å². The first-order valence-electron chi connectivity index (χ1n) is 10.8. The average molecular weight is 368 g/mol. The Hall–Kier alpha value is -1.35. The topological polar surface area (TPSA) is 46.3 Å². The van der Waals surface area contributed by atoms with Gasteiger partial charge in [0.05, 0.1) is 12.3 Å². The van der Waals surface area contributed by atoms with Crippen LogP contribution in [-0.4, -0.2) is 16.2 Å². The maximum absolute atomic E-state index is 10.2. The summed E-state index contributed by atoms with van der Waals surface area (Å²) in [6.07, 6.45) is 12.6. The molecule has 2 saturated carbocycles. The highest BCUT2D eigenvalue weighted by Crippen LogP contribution is 2.68. The number of aliphatic hydroxyl groups is 1. The molecule has 1 aromatic heterocycles. The van der Waals surface area contributed by atoms with E-state index in [1.54, 1.807) is 18.0 Å². The second-order valence-corrected chi connectivity index (χ2v) is 10.3. The Morgan fingerprint density at radius 2 is 1.89 bits per heavy atom. The molecule has 27 heavy (non-hydrogen) atoms. The first-order chi connectivity index (χ1) is 12.8. The third-order valence-electron chi connectivity index (χ3n) is 8.97. The molecule has 4 aliphatic carbocycles. The van der Waals surface area contributed by atoms with Gasteiger partial charge in [0.1, 0.15) is 6.26 Å². The fourth-order valence-electron chi connectivity index (χ4n) is 7.71. The maximum atomic E-state index is 10.2. The van der Waals surface area contributed by atoms with Gasteiger partial charge in [0.2, 0.25) is 5.89 Å². The molecule has 0 bridgehead atoms. The predicted octanol–water partition coefficient (Wildman–Crippen LogP) is 5.63. The number of hydrogen-bond acceptors (Lipinski definition) is 3. The highest BCUT2D eigenvalue weighted by Gasteiger charge is 2.59. The SMILES string of the molecule is CC1=C(c2ncco2)[C@@]2(C)CC[C@@H]3[C@@H](C(C)C=C4CC(O)CC[C@@]43C)[C@@H]2C1. The first kappa shape index (κ1) is 17.7. The number of aromatic nitrogens is 1. The summed E-state index contributed by atoms with van der Waals surface area (Å²) in [5.41, 5.74) is 4.89. The van der Waals surface area contributed by atoms with E-state index in [-0.39, 0.29) is 16.9 Å². The average Bonchev–Trinajstić information content (AvgIpc) is 3.21. The Bertz CT molecular complexity index is 806. The molecule has 1 N–H and O–H groups in total. The lowest BCUT2D eigenvalue weighted by Crippen LogP contribution is -2.52. The van der Waals surface area contributed by atoms with E-state index in [4.69, 9.17) is 4.42 Å². The molecule has 1 aromatic rings. The second kappa shape index (κ2) is 5.83. The monoisotopic (exact) mass is 367 g/mol. The molecule has 5 rings (SSSR count). The Labute approximate surface area is 163 Å². The lowest BCUT2D eigenvalue weighted by atomic mass is 9.45. The van der Waals surface area contributed by atoms with Crippen molar-refractivity contribution in [2.45, 2.75) is 72.3 Å². The molecule has 0 amide bonds. The summed E-state index contributed by atoms with van der Waals surface area (Å²) in [6, 6.07) is 0. The van der Waals surface area contributed by atoms with Crippen LogP contribution >= 0.6 is 0 Å². The summed E-state index contributed by atoms with van der Waals surface area (Å²) in [4.78, 5) is 4.53. The van der Waals surface area contributed by atoms with Gasteiger partial charge in [0.25, 0.3) is 0 Å². The van der Waals surface area contributed by atoms with Gasteiger partial charge in [-0.15, -0.1) is 0 Å². The van der Waals surface area contributed by atoms with Crippen LogP contribution in [0.5, 0.6) is 0 Å². The van der Waals surface area contributed by atoms with Crippen LogP contribution in [0.25, 0.3) is 5.57 Å². The Kier molecular flexibility index (Phi) is 3.82. The zero-order valence-corrected chi connectivity index (χ0v) is 17.2. The molecule has 3 nitrogen and oxygen atoms in total. The lowest BCUT2D eigenvalue weighted by molar-refractivity contribution is -0.0431. The van der Waals surface area contributed by atoms with Gasteiger partial charge in [-0.3, -0.25) is 0 Å². The predicted molar refractivity (Wildman–Crippen MR) is 107 cm³/mol. The number of nitrogens with zero attached hydrogens (tertiary/aromatic N) is 1. The van der Waals surface area contributed by atoms with Crippen LogP contribution in [0, 0.1) is 34.5 Å². The van der Waals surface area contributed by atoms with E-state index in [1.165, 1.54) is 30.4 Å². The summed E-state index contributed by atoms with van der Waals surface area (Å²) in [7, 11) is 0. The van der Waals surface area contributed by atoms with Crippen molar-refractivity contribution >= 4 is 5.57 Å². The van der Waals surface area contributed by atoms with E-state index in [0.29, 0.717) is 11.8 Å². The molecule has 0 aromatic carbocycles. The molecule has 2 fully saturated rings. The van der Waals surface area contributed by atoms with Crippen molar-refractivity contribution in [3.63, 3.8) is 0 Å². The minimum Gasteiger partial charge on any atom is -0.445 e. The number of aliphatic hydroxyl groups excluding tert-OH is 1. The number of rotatable bonds is 1. The zero-order chi connectivity index (χ0) is 19.0. The van der Waals surface area contributed by atoms with Crippen LogP contribution in [0.2, 0.25) is 0 Å². The van der Waals surface area contributed by atoms with E-state index in [0.717, 1.165) is 37.0 Å². The minimum atomic E-state index is -0.131. The minimum absolute atomic E-state index is 0.131. The van der Waals surface area contributed by atoms with Gasteiger partial charge >= 0.3 is 0 Å². The summed E-state index contributed by atoms with van der Waals surface area (Å²) in [5.74, 6) is 3.58. The fourth-order valence-corrected chi connectivity index (χ4v) is 7.71. The quantitative estimate of drug-likeness (QED) is 0.655. The molecule has 146 valence electrons. The Balaban J connectivity index is 1.55. The van der Waals surface area contributed by atoms with Gasteiger partial charge in [0.15, 0.2) is 0 Å². The van der Waals surface area contributed by atoms with Gasteiger partial charge in [-0.05, 0) is 74.5 Å². The van der Waals surface area contributed by atoms with Crippen LogP contribution in [0.4, 0.5) is 0 Å². The molecule has 1 heterocycles. The van der Waals surface area contributed by atoms with Crippen LogP contribution in [-0.2, 0) is 0 Å². The van der Waals surface area contributed by atoms with Crippen molar-refractivity contribution in [3.8, 4) is 0 Å². The molecule has 3 heteroatoms. The molecule has 7 atom stereocenters. The Morgan fingerprint density at radius 1 is 1.11 bits per heavy atom. The summed E-state index contributed by atoms with van der Waals surface area (Å²) >= 11 is 0. The standard InChI is InChI=1S/C24H33NO2/c1-14-11-16-13-17(26)5-7-23(16,3)18-6-8-24(4)19(20(14)18)12-15(2)21(24)22-25-9-10-27-22/h9-11,14,17-20,26H,5-8,12-13H2,1-4H3/t14?,17?,18-,19+,20-,23+,24+/m1/s1. The van der Waals surface area contributed by atoms with Gasteiger partial charge in [-0.2, -0.15) is 0 Å². The van der Waals surface area contributed by atoms with Gasteiger partial charge in [0, 0.05) is 11.0 Å². The second-order valence-electron chi connectivity index (χ2n) is 10.3.